The number of anilines is 1. The molecular formula is C28H40Cl2N2O2. The van der Waals surface area contributed by atoms with Gasteiger partial charge in [0.05, 0.1) is 12.8 Å². The van der Waals surface area contributed by atoms with Crippen molar-refractivity contribution in [3.63, 3.8) is 0 Å². The number of Topliss-reactive ketones (excluding diaryl/α,β-unsaturated/α-hetero) is 1. The molecule has 4 rings (SSSR count). The van der Waals surface area contributed by atoms with Gasteiger partial charge in [0, 0.05) is 38.0 Å². The Balaban J connectivity index is 0.00000204. The Morgan fingerprint density at radius 3 is 2.15 bits per heavy atom. The molecule has 1 atom stereocenters. The summed E-state index contributed by atoms with van der Waals surface area (Å²) < 4.78 is 5.55. The molecule has 0 spiro atoms. The van der Waals surface area contributed by atoms with Gasteiger partial charge in [-0.25, -0.2) is 0 Å². The van der Waals surface area contributed by atoms with Crippen LogP contribution in [-0.2, 0) is 4.79 Å². The van der Waals surface area contributed by atoms with Crippen LogP contribution in [0.4, 0.5) is 5.69 Å². The van der Waals surface area contributed by atoms with Crippen molar-refractivity contribution < 1.29 is 9.53 Å². The van der Waals surface area contributed by atoms with Crippen LogP contribution in [0.25, 0.3) is 0 Å². The van der Waals surface area contributed by atoms with Crippen molar-refractivity contribution in [1.29, 1.82) is 0 Å². The van der Waals surface area contributed by atoms with Gasteiger partial charge in [-0.3, -0.25) is 9.69 Å². The molecule has 2 fully saturated rings. The predicted molar refractivity (Wildman–Crippen MR) is 146 cm³/mol. The molecule has 2 aromatic rings. The van der Waals surface area contributed by atoms with Crippen LogP contribution in [0.5, 0.6) is 5.75 Å². The van der Waals surface area contributed by atoms with Gasteiger partial charge in [-0.2, -0.15) is 0 Å². The Hall–Kier alpha value is -1.75. The zero-order valence-electron chi connectivity index (χ0n) is 20.4. The van der Waals surface area contributed by atoms with E-state index in [4.69, 9.17) is 4.74 Å². The molecule has 1 saturated heterocycles. The maximum absolute atomic E-state index is 13.6. The normalized spacial score (nSPS) is 18.2. The third-order valence-electron chi connectivity index (χ3n) is 7.34. The van der Waals surface area contributed by atoms with E-state index in [1.165, 1.54) is 36.9 Å². The highest BCUT2D eigenvalue weighted by Gasteiger charge is 2.29. The molecule has 2 aliphatic rings. The molecule has 4 nitrogen and oxygen atoms in total. The number of rotatable bonds is 8. The number of hydrogen-bond donors (Lipinski definition) is 0. The Morgan fingerprint density at radius 2 is 1.50 bits per heavy atom. The number of methoxy groups -OCH3 is 1. The van der Waals surface area contributed by atoms with Crippen molar-refractivity contribution >= 4 is 36.3 Å². The van der Waals surface area contributed by atoms with Crippen LogP contribution in [-0.4, -0.2) is 50.5 Å². The lowest BCUT2D eigenvalue weighted by atomic mass is 9.82. The molecule has 188 valence electrons. The largest absolute Gasteiger partial charge is 0.495 e. The zero-order valence-corrected chi connectivity index (χ0v) is 22.0. The summed E-state index contributed by atoms with van der Waals surface area (Å²) in [5.74, 6) is 1.72. The first kappa shape index (κ1) is 28.5. The number of carbonyl (C=O) groups is 1. The summed E-state index contributed by atoms with van der Waals surface area (Å²) in [4.78, 5) is 18.5. The summed E-state index contributed by atoms with van der Waals surface area (Å²) in [6.45, 7) is 5.02. The number of nitrogens with zero attached hydrogens (tertiary/aromatic N) is 2. The van der Waals surface area contributed by atoms with E-state index < -0.39 is 0 Å². The molecule has 1 unspecified atom stereocenters. The van der Waals surface area contributed by atoms with Crippen LogP contribution in [0.15, 0.2) is 54.6 Å². The van der Waals surface area contributed by atoms with E-state index in [1.54, 1.807) is 7.11 Å². The van der Waals surface area contributed by atoms with E-state index in [1.807, 2.05) is 18.2 Å². The van der Waals surface area contributed by atoms with Gasteiger partial charge in [0.15, 0.2) is 0 Å². The van der Waals surface area contributed by atoms with Crippen molar-refractivity contribution in [2.45, 2.75) is 50.9 Å². The number of ether oxygens (including phenoxy) is 1. The molecule has 0 aromatic heterocycles. The van der Waals surface area contributed by atoms with Crippen molar-refractivity contribution in [3.8, 4) is 5.75 Å². The standard InChI is InChI=1S/C28H38N2O2.2ClH/c1-32-27-16-10-9-15-26(27)30-21-19-29(20-22-30)18-17-25(23-11-7-4-8-12-23)28(31)24-13-5-2-3-6-14-24;;/h4,7-12,15-16,24-25H,2-3,5-6,13-14,17-22H2,1H3;2*1H. The topological polar surface area (TPSA) is 32.8 Å². The highest BCUT2D eigenvalue weighted by molar-refractivity contribution is 5.88. The van der Waals surface area contributed by atoms with Crippen molar-refractivity contribution in [2.75, 3.05) is 44.7 Å². The van der Waals surface area contributed by atoms with E-state index in [9.17, 15) is 4.79 Å². The van der Waals surface area contributed by atoms with Gasteiger partial charge in [0.25, 0.3) is 0 Å². The average Bonchev–Trinajstić information content (AvgIpc) is 3.15. The van der Waals surface area contributed by atoms with Crippen molar-refractivity contribution in [2.24, 2.45) is 5.92 Å². The fourth-order valence-electron chi connectivity index (χ4n) is 5.42. The molecule has 0 bridgehead atoms. The third-order valence-corrected chi connectivity index (χ3v) is 7.34. The van der Waals surface area contributed by atoms with Crippen molar-refractivity contribution in [3.05, 3.63) is 60.2 Å². The van der Waals surface area contributed by atoms with E-state index in [0.29, 0.717) is 5.78 Å². The molecule has 1 aliphatic heterocycles. The van der Waals surface area contributed by atoms with E-state index in [-0.39, 0.29) is 36.6 Å². The third kappa shape index (κ3) is 7.37. The van der Waals surface area contributed by atoms with Crippen LogP contribution < -0.4 is 9.64 Å². The second-order valence-electron chi connectivity index (χ2n) is 9.34. The molecule has 0 amide bonds. The van der Waals surface area contributed by atoms with E-state index in [2.05, 4.69) is 46.2 Å². The monoisotopic (exact) mass is 506 g/mol. The maximum Gasteiger partial charge on any atom is 0.143 e. The fourth-order valence-corrected chi connectivity index (χ4v) is 5.42. The van der Waals surface area contributed by atoms with Crippen LogP contribution in [0, 0.1) is 5.92 Å². The van der Waals surface area contributed by atoms with Crippen LogP contribution in [0.2, 0.25) is 0 Å². The molecular weight excluding hydrogens is 467 g/mol. The van der Waals surface area contributed by atoms with Gasteiger partial charge in [-0.1, -0.05) is 68.1 Å². The van der Waals surface area contributed by atoms with Gasteiger partial charge in [0.2, 0.25) is 0 Å². The molecule has 6 heteroatoms. The summed E-state index contributed by atoms with van der Waals surface area (Å²) in [5, 5.41) is 0. The molecule has 2 aromatic carbocycles. The second-order valence-corrected chi connectivity index (χ2v) is 9.34. The quantitative estimate of drug-likeness (QED) is 0.389. The average molecular weight is 508 g/mol. The van der Waals surface area contributed by atoms with Gasteiger partial charge >= 0.3 is 0 Å². The highest BCUT2D eigenvalue weighted by Crippen LogP contribution is 2.32. The molecule has 1 heterocycles. The van der Waals surface area contributed by atoms with Crippen LogP contribution in [0.3, 0.4) is 0 Å². The fraction of sp³-hybridized carbons (Fsp3) is 0.536. The highest BCUT2D eigenvalue weighted by atomic mass is 35.5. The van der Waals surface area contributed by atoms with Crippen molar-refractivity contribution in [1.82, 2.24) is 4.90 Å². The van der Waals surface area contributed by atoms with Gasteiger partial charge < -0.3 is 9.64 Å². The minimum Gasteiger partial charge on any atom is -0.495 e. The number of carbonyl (C=O) groups excluding carboxylic acids is 1. The molecule has 1 saturated carbocycles. The lowest BCUT2D eigenvalue weighted by Crippen LogP contribution is -2.47. The van der Waals surface area contributed by atoms with Crippen LogP contribution >= 0.6 is 24.8 Å². The molecule has 0 radical (unpaired) electrons. The number of piperazine rings is 1. The van der Waals surface area contributed by atoms with Gasteiger partial charge in [0.1, 0.15) is 11.5 Å². The number of halogens is 2. The number of hydrogen-bond acceptors (Lipinski definition) is 4. The first-order valence-electron chi connectivity index (χ1n) is 12.5. The minimum absolute atomic E-state index is 0. The molecule has 34 heavy (non-hydrogen) atoms. The van der Waals surface area contributed by atoms with Crippen LogP contribution in [0.1, 0.15) is 56.4 Å². The SMILES string of the molecule is COc1ccccc1N1CCN(CCC(C(=O)C2CCCCCC2)c2ccccc2)CC1.Cl.Cl. The smallest absolute Gasteiger partial charge is 0.143 e. The predicted octanol–water partition coefficient (Wildman–Crippen LogP) is 6.37. The molecule has 0 N–H and O–H groups in total. The number of benzene rings is 2. The summed E-state index contributed by atoms with van der Waals surface area (Å²) in [7, 11) is 1.74. The summed E-state index contributed by atoms with van der Waals surface area (Å²) in [6, 6.07) is 18.8. The maximum atomic E-state index is 13.6. The minimum atomic E-state index is 0. The Kier molecular flexibility index (Phi) is 12.2. The van der Waals surface area contributed by atoms with E-state index in [0.717, 1.165) is 57.7 Å². The lowest BCUT2D eigenvalue weighted by molar-refractivity contribution is -0.125. The first-order chi connectivity index (χ1) is 15.8. The molecule has 1 aliphatic carbocycles. The summed E-state index contributed by atoms with van der Waals surface area (Å²) >= 11 is 0. The summed E-state index contributed by atoms with van der Waals surface area (Å²) in [6.07, 6.45) is 8.09. The Labute approximate surface area is 217 Å². The number of para-hydroxylation sites is 2. The second kappa shape index (κ2) is 14.6. The lowest BCUT2D eigenvalue weighted by Gasteiger charge is -2.37. The number of ketones is 1. The van der Waals surface area contributed by atoms with E-state index >= 15 is 0 Å². The Morgan fingerprint density at radius 1 is 0.882 bits per heavy atom. The Bertz CT molecular complexity index is 848. The van der Waals surface area contributed by atoms with Gasteiger partial charge in [-0.05, 0) is 43.5 Å². The zero-order chi connectivity index (χ0) is 22.2. The van der Waals surface area contributed by atoms with Gasteiger partial charge in [-0.15, -0.1) is 24.8 Å². The summed E-state index contributed by atoms with van der Waals surface area (Å²) in [5.41, 5.74) is 2.38. The first-order valence-corrected chi connectivity index (χ1v) is 12.5.